The third kappa shape index (κ3) is 3.53. The maximum Gasteiger partial charge on any atom is 0.251 e. The molecule has 1 N–H and O–H groups in total. The van der Waals surface area contributed by atoms with Gasteiger partial charge in [-0.1, -0.05) is 32.0 Å². The average molecular weight is 240 g/mol. The maximum atomic E-state index is 11.9. The van der Waals surface area contributed by atoms with Crippen molar-refractivity contribution < 1.29 is 4.79 Å². The molecule has 1 atom stereocenters. The Morgan fingerprint density at radius 3 is 2.69 bits per heavy atom. The number of amides is 1. The number of aryl methyl sites for hydroxylation is 1. The third-order valence-corrected chi connectivity index (χ3v) is 3.03. The van der Waals surface area contributed by atoms with Gasteiger partial charge in [0.2, 0.25) is 0 Å². The van der Waals surface area contributed by atoms with E-state index in [1.807, 2.05) is 38.1 Å². The largest absolute Gasteiger partial charge is 0.351 e. The lowest BCUT2D eigenvalue weighted by atomic mass is 10.0. The zero-order valence-electron chi connectivity index (χ0n) is 9.79. The third-order valence-electron chi connectivity index (χ3n) is 2.57. The molecule has 0 saturated carbocycles. The first-order chi connectivity index (χ1) is 7.69. The van der Waals surface area contributed by atoms with Crippen LogP contribution in [-0.4, -0.2) is 17.8 Å². The molecule has 3 heteroatoms. The molecule has 0 saturated heterocycles. The lowest BCUT2D eigenvalue weighted by molar-refractivity contribution is 0.0952. The Balaban J connectivity index is 2.65. The number of alkyl halides is 1. The zero-order chi connectivity index (χ0) is 12.0. The summed E-state index contributed by atoms with van der Waals surface area (Å²) in [5, 5.41) is 2.87. The number of carbonyl (C=O) groups excluding carboxylic acids is 1. The van der Waals surface area contributed by atoms with Gasteiger partial charge in [0, 0.05) is 12.1 Å². The molecule has 0 aromatic heterocycles. The summed E-state index contributed by atoms with van der Waals surface area (Å²) >= 11 is 5.96. The topological polar surface area (TPSA) is 29.1 Å². The van der Waals surface area contributed by atoms with E-state index in [1.165, 1.54) is 0 Å². The number of hydrogen-bond donors (Lipinski definition) is 1. The van der Waals surface area contributed by atoms with Crippen molar-refractivity contribution in [3.63, 3.8) is 0 Å². The smallest absolute Gasteiger partial charge is 0.251 e. The average Bonchev–Trinajstić information content (AvgIpc) is 2.35. The number of rotatable bonds is 5. The van der Waals surface area contributed by atoms with Crippen molar-refractivity contribution in [2.24, 2.45) is 0 Å². The van der Waals surface area contributed by atoms with Gasteiger partial charge in [-0.15, -0.1) is 11.6 Å². The quantitative estimate of drug-likeness (QED) is 0.787. The standard InChI is InChI=1S/C13H18ClNO/c1-3-10-7-5-6-8-12(10)13(16)15-9-11(14)4-2/h5-8,11H,3-4,9H2,1-2H3,(H,15,16). The van der Waals surface area contributed by atoms with Gasteiger partial charge in [-0.3, -0.25) is 4.79 Å². The van der Waals surface area contributed by atoms with Gasteiger partial charge in [0.15, 0.2) is 0 Å². The predicted molar refractivity (Wildman–Crippen MR) is 68.1 cm³/mol. The fraction of sp³-hybridized carbons (Fsp3) is 0.462. The number of halogens is 1. The minimum atomic E-state index is -0.0310. The minimum Gasteiger partial charge on any atom is -0.351 e. The van der Waals surface area contributed by atoms with Crippen LogP contribution >= 0.6 is 11.6 Å². The first-order valence-electron chi connectivity index (χ1n) is 5.69. The van der Waals surface area contributed by atoms with Crippen molar-refractivity contribution in [2.75, 3.05) is 6.54 Å². The summed E-state index contributed by atoms with van der Waals surface area (Å²) in [6, 6.07) is 7.66. The Bertz CT molecular complexity index is 352. The minimum absolute atomic E-state index is 0.0118. The highest BCUT2D eigenvalue weighted by molar-refractivity contribution is 6.20. The van der Waals surface area contributed by atoms with Crippen LogP contribution in [0, 0.1) is 0 Å². The number of benzene rings is 1. The van der Waals surface area contributed by atoms with Crippen LogP contribution in [0.4, 0.5) is 0 Å². The van der Waals surface area contributed by atoms with Crippen LogP contribution in [0.1, 0.15) is 36.2 Å². The summed E-state index contributed by atoms with van der Waals surface area (Å²) in [5.41, 5.74) is 1.83. The van der Waals surface area contributed by atoms with Crippen molar-refractivity contribution in [3.05, 3.63) is 35.4 Å². The summed E-state index contributed by atoms with van der Waals surface area (Å²) in [6.07, 6.45) is 1.72. The van der Waals surface area contributed by atoms with Crippen LogP contribution in [0.15, 0.2) is 24.3 Å². The highest BCUT2D eigenvalue weighted by atomic mass is 35.5. The highest BCUT2D eigenvalue weighted by Gasteiger charge is 2.10. The Hall–Kier alpha value is -1.02. The van der Waals surface area contributed by atoms with Crippen LogP contribution < -0.4 is 5.32 Å². The molecule has 1 aromatic carbocycles. The second kappa shape index (κ2) is 6.54. The van der Waals surface area contributed by atoms with E-state index in [4.69, 9.17) is 11.6 Å². The van der Waals surface area contributed by atoms with Gasteiger partial charge in [-0.2, -0.15) is 0 Å². The molecular weight excluding hydrogens is 222 g/mol. The van der Waals surface area contributed by atoms with Gasteiger partial charge >= 0.3 is 0 Å². The predicted octanol–water partition coefficient (Wildman–Crippen LogP) is 3.00. The monoisotopic (exact) mass is 239 g/mol. The summed E-state index contributed by atoms with van der Waals surface area (Å²) in [7, 11) is 0. The van der Waals surface area contributed by atoms with Crippen molar-refractivity contribution in [1.82, 2.24) is 5.32 Å². The van der Waals surface area contributed by atoms with E-state index in [2.05, 4.69) is 5.32 Å². The first-order valence-corrected chi connectivity index (χ1v) is 6.12. The Morgan fingerprint density at radius 2 is 2.06 bits per heavy atom. The van der Waals surface area contributed by atoms with Gasteiger partial charge in [0.05, 0.1) is 5.38 Å². The van der Waals surface area contributed by atoms with Crippen LogP contribution in [0.5, 0.6) is 0 Å². The van der Waals surface area contributed by atoms with Gasteiger partial charge in [0.1, 0.15) is 0 Å². The molecule has 0 radical (unpaired) electrons. The van der Waals surface area contributed by atoms with Crippen molar-refractivity contribution in [1.29, 1.82) is 0 Å². The molecule has 0 heterocycles. The fourth-order valence-corrected chi connectivity index (χ4v) is 1.57. The van der Waals surface area contributed by atoms with E-state index in [0.717, 1.165) is 24.0 Å². The van der Waals surface area contributed by atoms with E-state index in [9.17, 15) is 4.79 Å². The van der Waals surface area contributed by atoms with Crippen molar-refractivity contribution in [2.45, 2.75) is 32.1 Å². The molecule has 0 aliphatic heterocycles. The Kier molecular flexibility index (Phi) is 5.33. The molecule has 0 aliphatic carbocycles. The molecule has 1 unspecified atom stereocenters. The molecule has 1 aromatic rings. The lowest BCUT2D eigenvalue weighted by Gasteiger charge is -2.10. The molecular formula is C13H18ClNO. The molecule has 1 amide bonds. The van der Waals surface area contributed by atoms with E-state index in [0.29, 0.717) is 6.54 Å². The molecule has 88 valence electrons. The van der Waals surface area contributed by atoms with Gasteiger partial charge in [0.25, 0.3) is 5.91 Å². The number of hydrogen-bond acceptors (Lipinski definition) is 1. The molecule has 0 aliphatic rings. The van der Waals surface area contributed by atoms with Gasteiger partial charge in [-0.25, -0.2) is 0 Å². The van der Waals surface area contributed by atoms with Crippen molar-refractivity contribution >= 4 is 17.5 Å². The lowest BCUT2D eigenvalue weighted by Crippen LogP contribution is -2.30. The van der Waals surface area contributed by atoms with Crippen LogP contribution in [0.25, 0.3) is 0 Å². The zero-order valence-corrected chi connectivity index (χ0v) is 10.6. The first kappa shape index (κ1) is 13.0. The maximum absolute atomic E-state index is 11.9. The molecule has 16 heavy (non-hydrogen) atoms. The Morgan fingerprint density at radius 1 is 1.38 bits per heavy atom. The van der Waals surface area contributed by atoms with Crippen molar-refractivity contribution in [3.8, 4) is 0 Å². The van der Waals surface area contributed by atoms with Gasteiger partial charge in [-0.05, 0) is 24.5 Å². The summed E-state index contributed by atoms with van der Waals surface area (Å²) in [6.45, 7) is 4.57. The van der Waals surface area contributed by atoms with Crippen LogP contribution in [0.2, 0.25) is 0 Å². The number of nitrogens with one attached hydrogen (secondary N) is 1. The highest BCUT2D eigenvalue weighted by Crippen LogP contribution is 2.09. The molecule has 0 spiro atoms. The molecule has 0 fully saturated rings. The summed E-state index contributed by atoms with van der Waals surface area (Å²) < 4.78 is 0. The van der Waals surface area contributed by atoms with E-state index < -0.39 is 0 Å². The van der Waals surface area contributed by atoms with Crippen LogP contribution in [0.3, 0.4) is 0 Å². The van der Waals surface area contributed by atoms with E-state index in [-0.39, 0.29) is 11.3 Å². The van der Waals surface area contributed by atoms with E-state index in [1.54, 1.807) is 0 Å². The van der Waals surface area contributed by atoms with Crippen LogP contribution in [-0.2, 0) is 6.42 Å². The fourth-order valence-electron chi connectivity index (χ4n) is 1.49. The summed E-state index contributed by atoms with van der Waals surface area (Å²) in [5.74, 6) is -0.0310. The van der Waals surface area contributed by atoms with E-state index >= 15 is 0 Å². The second-order valence-corrected chi connectivity index (χ2v) is 4.34. The summed E-state index contributed by atoms with van der Waals surface area (Å²) in [4.78, 5) is 11.9. The number of carbonyl (C=O) groups is 1. The molecule has 0 bridgehead atoms. The molecule has 2 nitrogen and oxygen atoms in total. The van der Waals surface area contributed by atoms with Gasteiger partial charge < -0.3 is 5.32 Å². The Labute approximate surface area is 102 Å². The normalized spacial score (nSPS) is 12.2. The SMILES string of the molecule is CCc1ccccc1C(=O)NCC(Cl)CC. The molecule has 1 rings (SSSR count). The second-order valence-electron chi connectivity index (χ2n) is 3.73.